The van der Waals surface area contributed by atoms with E-state index in [1.54, 1.807) is 0 Å². The monoisotopic (exact) mass is 357 g/mol. The summed E-state index contributed by atoms with van der Waals surface area (Å²) in [5.74, 6) is 2.59. The highest BCUT2D eigenvalue weighted by atomic mass is 16.7. The summed E-state index contributed by atoms with van der Waals surface area (Å²) in [5, 5.41) is 0. The number of carbonyl (C=O) groups is 1. The van der Waals surface area contributed by atoms with Gasteiger partial charge < -0.3 is 20.1 Å². The molecule has 0 saturated carbocycles. The van der Waals surface area contributed by atoms with Gasteiger partial charge in [0.15, 0.2) is 11.5 Å². The number of rotatable bonds is 2. The first-order valence-corrected chi connectivity index (χ1v) is 9.67. The van der Waals surface area contributed by atoms with Crippen LogP contribution < -0.4 is 15.2 Å². The second kappa shape index (κ2) is 5.60. The SMILES string of the molecule is CC(C)(N)C(=O)N1C[C@H](c2ccc3c(c2)OCO3)[C@H]2[C@@H]1C1CCN2CC1. The standard InChI is InChI=1S/C20H27N3O3/c1-20(2,21)19(24)23-10-14(13-3-4-15-16(9-13)26-11-25-15)18-17(23)12-5-7-22(18)8-6-12/h3-4,9,12,14,17-18H,5-8,10-11,21H2,1-2H3/t14-,17+,18+/m1/s1. The molecule has 1 aromatic rings. The summed E-state index contributed by atoms with van der Waals surface area (Å²) in [4.78, 5) is 17.8. The molecule has 0 radical (unpaired) electrons. The second-order valence-corrected chi connectivity index (χ2v) is 8.75. The maximum absolute atomic E-state index is 13.1. The van der Waals surface area contributed by atoms with Crippen LogP contribution in [0.3, 0.4) is 0 Å². The molecule has 0 aromatic heterocycles. The number of piperidine rings is 3. The molecule has 5 heterocycles. The van der Waals surface area contributed by atoms with Gasteiger partial charge in [-0.15, -0.1) is 0 Å². The van der Waals surface area contributed by atoms with Gasteiger partial charge in [0.1, 0.15) is 0 Å². The van der Waals surface area contributed by atoms with E-state index < -0.39 is 5.54 Å². The third-order valence-corrected chi connectivity index (χ3v) is 6.63. The Morgan fingerprint density at radius 2 is 1.88 bits per heavy atom. The van der Waals surface area contributed by atoms with Crippen LogP contribution in [0.5, 0.6) is 11.5 Å². The lowest BCUT2D eigenvalue weighted by atomic mass is 9.75. The average molecular weight is 357 g/mol. The number of nitrogens with zero attached hydrogens (tertiary/aromatic N) is 2. The molecule has 2 N–H and O–H groups in total. The van der Waals surface area contributed by atoms with Crippen molar-refractivity contribution in [3.8, 4) is 11.5 Å². The van der Waals surface area contributed by atoms with Gasteiger partial charge in [0.05, 0.1) is 11.6 Å². The predicted octanol–water partition coefficient (Wildman–Crippen LogP) is 1.54. The molecule has 26 heavy (non-hydrogen) atoms. The van der Waals surface area contributed by atoms with Crippen molar-refractivity contribution in [3.63, 3.8) is 0 Å². The summed E-state index contributed by atoms with van der Waals surface area (Å²) < 4.78 is 11.1. The number of carbonyl (C=O) groups excluding carboxylic acids is 1. The van der Waals surface area contributed by atoms with Crippen LogP contribution in [0.4, 0.5) is 0 Å². The van der Waals surface area contributed by atoms with E-state index in [9.17, 15) is 4.79 Å². The zero-order chi connectivity index (χ0) is 18.1. The molecule has 2 bridgehead atoms. The van der Waals surface area contributed by atoms with Crippen molar-refractivity contribution in [3.05, 3.63) is 23.8 Å². The Labute approximate surface area is 154 Å². The van der Waals surface area contributed by atoms with Crippen LogP contribution in [0.1, 0.15) is 38.2 Å². The fourth-order valence-corrected chi connectivity index (χ4v) is 5.46. The fraction of sp³-hybridized carbons (Fsp3) is 0.650. The Bertz CT molecular complexity index is 736. The van der Waals surface area contributed by atoms with Crippen molar-refractivity contribution in [2.75, 3.05) is 26.4 Å². The van der Waals surface area contributed by atoms with Crippen LogP contribution >= 0.6 is 0 Å². The van der Waals surface area contributed by atoms with Crippen molar-refractivity contribution in [2.45, 2.75) is 50.2 Å². The van der Waals surface area contributed by atoms with Crippen molar-refractivity contribution in [1.82, 2.24) is 9.80 Å². The number of benzene rings is 1. The molecule has 3 atom stereocenters. The van der Waals surface area contributed by atoms with E-state index in [0.29, 0.717) is 17.9 Å². The van der Waals surface area contributed by atoms with Gasteiger partial charge >= 0.3 is 0 Å². The van der Waals surface area contributed by atoms with Crippen molar-refractivity contribution >= 4 is 5.91 Å². The van der Waals surface area contributed by atoms with E-state index in [2.05, 4.69) is 21.9 Å². The summed E-state index contributed by atoms with van der Waals surface area (Å²) >= 11 is 0. The first-order chi connectivity index (χ1) is 12.4. The minimum Gasteiger partial charge on any atom is -0.454 e. The summed E-state index contributed by atoms with van der Waals surface area (Å²) in [6.45, 7) is 6.94. The molecule has 1 aromatic carbocycles. The number of fused-ring (bicyclic) bond motifs is 3. The maximum atomic E-state index is 13.1. The Hall–Kier alpha value is -1.79. The topological polar surface area (TPSA) is 68.0 Å². The van der Waals surface area contributed by atoms with Crippen LogP contribution in [0, 0.1) is 5.92 Å². The lowest BCUT2D eigenvalue weighted by molar-refractivity contribution is -0.140. The highest BCUT2D eigenvalue weighted by molar-refractivity contribution is 5.86. The molecule has 0 unspecified atom stereocenters. The zero-order valence-electron chi connectivity index (χ0n) is 15.5. The summed E-state index contributed by atoms with van der Waals surface area (Å²) in [5.41, 5.74) is 6.60. The summed E-state index contributed by atoms with van der Waals surface area (Å²) in [7, 11) is 0. The number of hydrogen-bond acceptors (Lipinski definition) is 5. The van der Waals surface area contributed by atoms with Gasteiger partial charge in [-0.1, -0.05) is 6.07 Å². The van der Waals surface area contributed by atoms with Crippen molar-refractivity contribution in [2.24, 2.45) is 11.7 Å². The Balaban J connectivity index is 1.53. The minimum absolute atomic E-state index is 0.0736. The average Bonchev–Trinajstić information content (AvgIpc) is 3.26. The van der Waals surface area contributed by atoms with Gasteiger partial charge in [0, 0.05) is 18.5 Å². The molecule has 4 fully saturated rings. The van der Waals surface area contributed by atoms with Gasteiger partial charge in [0.25, 0.3) is 0 Å². The van der Waals surface area contributed by atoms with Gasteiger partial charge in [-0.3, -0.25) is 9.69 Å². The largest absolute Gasteiger partial charge is 0.454 e. The van der Waals surface area contributed by atoms with Crippen LogP contribution in [-0.4, -0.2) is 59.8 Å². The van der Waals surface area contributed by atoms with Gasteiger partial charge in [-0.05, 0) is 63.4 Å². The highest BCUT2D eigenvalue weighted by Gasteiger charge is 2.55. The number of amides is 1. The first-order valence-electron chi connectivity index (χ1n) is 9.67. The third-order valence-electron chi connectivity index (χ3n) is 6.63. The van der Waals surface area contributed by atoms with E-state index in [1.165, 1.54) is 18.4 Å². The number of nitrogens with two attached hydrogens (primary N) is 1. The molecule has 0 spiro atoms. The Morgan fingerprint density at radius 1 is 1.15 bits per heavy atom. The maximum Gasteiger partial charge on any atom is 0.242 e. The van der Waals surface area contributed by atoms with Gasteiger partial charge in [0.2, 0.25) is 12.7 Å². The molecule has 1 amide bonds. The Kier molecular flexibility index (Phi) is 3.53. The molecule has 5 aliphatic heterocycles. The molecule has 6 rings (SSSR count). The molecule has 6 nitrogen and oxygen atoms in total. The summed E-state index contributed by atoms with van der Waals surface area (Å²) in [6, 6.07) is 6.91. The third kappa shape index (κ3) is 2.35. The van der Waals surface area contributed by atoms with E-state index in [1.807, 2.05) is 19.9 Å². The molecule has 140 valence electrons. The van der Waals surface area contributed by atoms with Gasteiger partial charge in [-0.25, -0.2) is 0 Å². The van der Waals surface area contributed by atoms with Gasteiger partial charge in [-0.2, -0.15) is 0 Å². The highest BCUT2D eigenvalue weighted by Crippen LogP contribution is 2.48. The number of hydrogen-bond donors (Lipinski definition) is 1. The first kappa shape index (κ1) is 16.4. The smallest absolute Gasteiger partial charge is 0.242 e. The summed E-state index contributed by atoms with van der Waals surface area (Å²) in [6.07, 6.45) is 2.37. The second-order valence-electron chi connectivity index (χ2n) is 8.75. The van der Waals surface area contributed by atoms with Crippen LogP contribution in [0.15, 0.2) is 18.2 Å². The van der Waals surface area contributed by atoms with Crippen molar-refractivity contribution in [1.29, 1.82) is 0 Å². The normalized spacial score (nSPS) is 34.9. The Morgan fingerprint density at radius 3 is 2.62 bits per heavy atom. The minimum atomic E-state index is -0.833. The number of likely N-dealkylation sites (tertiary alicyclic amines) is 1. The van der Waals surface area contributed by atoms with E-state index in [-0.39, 0.29) is 18.7 Å². The zero-order valence-corrected chi connectivity index (χ0v) is 15.5. The van der Waals surface area contributed by atoms with E-state index >= 15 is 0 Å². The molecule has 6 heteroatoms. The lowest BCUT2D eigenvalue weighted by Gasteiger charge is -2.51. The van der Waals surface area contributed by atoms with Crippen LogP contribution in [-0.2, 0) is 4.79 Å². The van der Waals surface area contributed by atoms with E-state index in [4.69, 9.17) is 15.2 Å². The van der Waals surface area contributed by atoms with Crippen LogP contribution in [0.25, 0.3) is 0 Å². The molecular weight excluding hydrogens is 330 g/mol. The molecule has 4 saturated heterocycles. The fourth-order valence-electron chi connectivity index (χ4n) is 5.46. The van der Waals surface area contributed by atoms with Crippen molar-refractivity contribution < 1.29 is 14.3 Å². The predicted molar refractivity (Wildman–Crippen MR) is 97.2 cm³/mol. The van der Waals surface area contributed by atoms with Crippen LogP contribution in [0.2, 0.25) is 0 Å². The quantitative estimate of drug-likeness (QED) is 0.870. The molecule has 5 aliphatic rings. The lowest BCUT2D eigenvalue weighted by Crippen LogP contribution is -2.63. The number of ether oxygens (including phenoxy) is 2. The molecular formula is C20H27N3O3. The van der Waals surface area contributed by atoms with E-state index in [0.717, 1.165) is 31.1 Å². The molecule has 0 aliphatic carbocycles.